The van der Waals surface area contributed by atoms with Crippen LogP contribution in [0.3, 0.4) is 0 Å². The van der Waals surface area contributed by atoms with Crippen LogP contribution in [0.5, 0.6) is 5.75 Å². The maximum absolute atomic E-state index is 12.5. The summed E-state index contributed by atoms with van der Waals surface area (Å²) >= 11 is 0. The molecule has 2 aromatic carbocycles. The Labute approximate surface area is 181 Å². The molecule has 0 spiro atoms. The molecule has 160 valence electrons. The molecule has 6 heteroatoms. The third-order valence-corrected chi connectivity index (χ3v) is 5.27. The summed E-state index contributed by atoms with van der Waals surface area (Å²) in [6.45, 7) is 5.37. The highest BCUT2D eigenvalue weighted by molar-refractivity contribution is 5.97. The summed E-state index contributed by atoms with van der Waals surface area (Å²) in [7, 11) is 1.61. The van der Waals surface area contributed by atoms with E-state index in [1.54, 1.807) is 38.3 Å². The van der Waals surface area contributed by atoms with E-state index in [1.807, 2.05) is 41.8 Å². The van der Waals surface area contributed by atoms with Crippen LogP contribution < -0.4 is 10.1 Å². The number of Topliss-reactive ketones (excluding diaryl/α,β-unsaturated/α-hetero) is 2. The largest absolute Gasteiger partial charge is 0.497 e. The predicted octanol–water partition coefficient (Wildman–Crippen LogP) is 4.91. The van der Waals surface area contributed by atoms with E-state index in [0.717, 1.165) is 22.7 Å². The van der Waals surface area contributed by atoms with Crippen molar-refractivity contribution in [2.75, 3.05) is 12.4 Å². The van der Waals surface area contributed by atoms with Crippen molar-refractivity contribution in [3.63, 3.8) is 0 Å². The molecule has 1 heterocycles. The van der Waals surface area contributed by atoms with Gasteiger partial charge >= 0.3 is 0 Å². The topological polar surface area (TPSA) is 77.4 Å². The minimum absolute atomic E-state index is 0.0129. The van der Waals surface area contributed by atoms with E-state index in [-0.39, 0.29) is 23.9 Å². The summed E-state index contributed by atoms with van der Waals surface area (Å²) in [6, 6.07) is 16.3. The lowest BCUT2D eigenvalue weighted by atomic mass is 10.1. The van der Waals surface area contributed by atoms with E-state index in [4.69, 9.17) is 4.74 Å². The van der Waals surface area contributed by atoms with Gasteiger partial charge in [-0.1, -0.05) is 0 Å². The molecular weight excluding hydrogens is 392 g/mol. The number of ketones is 2. The minimum Gasteiger partial charge on any atom is -0.497 e. The van der Waals surface area contributed by atoms with Crippen LogP contribution >= 0.6 is 0 Å². The number of anilines is 1. The number of carbonyl (C=O) groups is 3. The molecule has 0 aliphatic carbocycles. The number of hydrogen-bond donors (Lipinski definition) is 1. The van der Waals surface area contributed by atoms with E-state index >= 15 is 0 Å². The molecule has 0 saturated heterocycles. The molecule has 1 amide bonds. The van der Waals surface area contributed by atoms with E-state index in [1.165, 1.54) is 6.92 Å². The number of benzene rings is 2. The number of amides is 1. The van der Waals surface area contributed by atoms with Crippen LogP contribution in [0, 0.1) is 6.92 Å². The molecule has 0 unspecified atom stereocenters. The monoisotopic (exact) mass is 418 g/mol. The second-order valence-electron chi connectivity index (χ2n) is 7.40. The fourth-order valence-corrected chi connectivity index (χ4v) is 3.52. The number of aromatic nitrogens is 1. The zero-order valence-corrected chi connectivity index (χ0v) is 18.2. The molecule has 1 N–H and O–H groups in total. The summed E-state index contributed by atoms with van der Waals surface area (Å²) in [5.41, 5.74) is 4.53. The lowest BCUT2D eigenvalue weighted by molar-refractivity contribution is -0.116. The lowest BCUT2D eigenvalue weighted by Gasteiger charge is -2.13. The lowest BCUT2D eigenvalue weighted by Crippen LogP contribution is -2.15. The number of nitrogens with zero attached hydrogens (tertiary/aromatic N) is 1. The second kappa shape index (κ2) is 9.43. The first-order valence-corrected chi connectivity index (χ1v) is 10.1. The van der Waals surface area contributed by atoms with Gasteiger partial charge in [0, 0.05) is 41.2 Å². The van der Waals surface area contributed by atoms with Crippen LogP contribution in [-0.2, 0) is 11.3 Å². The van der Waals surface area contributed by atoms with Gasteiger partial charge in [0.25, 0.3) is 0 Å². The molecule has 0 fully saturated rings. The maximum atomic E-state index is 12.5. The van der Waals surface area contributed by atoms with Crippen molar-refractivity contribution < 1.29 is 19.1 Å². The van der Waals surface area contributed by atoms with Crippen molar-refractivity contribution in [3.8, 4) is 17.0 Å². The Bertz CT molecular complexity index is 1110. The Morgan fingerprint density at radius 1 is 0.935 bits per heavy atom. The van der Waals surface area contributed by atoms with Gasteiger partial charge in [-0.15, -0.1) is 0 Å². The van der Waals surface area contributed by atoms with E-state index in [0.29, 0.717) is 23.4 Å². The predicted molar refractivity (Wildman–Crippen MR) is 121 cm³/mol. The Hall–Kier alpha value is -3.67. The molecule has 1 aromatic heterocycles. The van der Waals surface area contributed by atoms with Crippen molar-refractivity contribution in [2.24, 2.45) is 0 Å². The molecule has 0 atom stereocenters. The second-order valence-corrected chi connectivity index (χ2v) is 7.40. The van der Waals surface area contributed by atoms with Gasteiger partial charge in [-0.05, 0) is 80.9 Å². The molecular formula is C25H26N2O4. The molecule has 3 rings (SSSR count). The quantitative estimate of drug-likeness (QED) is 0.528. The molecule has 3 aromatic rings. The van der Waals surface area contributed by atoms with Gasteiger partial charge in [0.05, 0.1) is 7.11 Å². The third-order valence-electron chi connectivity index (χ3n) is 5.27. The van der Waals surface area contributed by atoms with Crippen LogP contribution in [0.1, 0.15) is 46.7 Å². The number of carbonyl (C=O) groups excluding carboxylic acids is 3. The first-order valence-electron chi connectivity index (χ1n) is 10.1. The van der Waals surface area contributed by atoms with Gasteiger partial charge in [0.1, 0.15) is 5.75 Å². The van der Waals surface area contributed by atoms with E-state index in [9.17, 15) is 14.4 Å². The van der Waals surface area contributed by atoms with Gasteiger partial charge in [-0.25, -0.2) is 0 Å². The smallest absolute Gasteiger partial charge is 0.226 e. The first-order chi connectivity index (χ1) is 14.8. The van der Waals surface area contributed by atoms with Gasteiger partial charge in [-0.3, -0.25) is 14.4 Å². The Kier molecular flexibility index (Phi) is 6.70. The summed E-state index contributed by atoms with van der Waals surface area (Å²) in [5, 5.41) is 2.85. The fourth-order valence-electron chi connectivity index (χ4n) is 3.52. The Morgan fingerprint density at radius 2 is 1.58 bits per heavy atom. The standard InChI is InChI=1S/C25H26N2O4/c1-16-23(18(3)29)15-24(20-7-11-22(31-4)12-8-20)27(16)14-13-25(30)26-21-9-5-19(6-10-21)17(2)28/h5-12,15H,13-14H2,1-4H3,(H,26,30). The Morgan fingerprint density at radius 3 is 2.13 bits per heavy atom. The van der Waals surface area contributed by atoms with Gasteiger partial charge < -0.3 is 14.6 Å². The number of rotatable bonds is 8. The highest BCUT2D eigenvalue weighted by Crippen LogP contribution is 2.28. The van der Waals surface area contributed by atoms with E-state index in [2.05, 4.69) is 5.32 Å². The van der Waals surface area contributed by atoms with Crippen molar-refractivity contribution in [3.05, 3.63) is 71.4 Å². The van der Waals surface area contributed by atoms with Crippen LogP contribution in [0.15, 0.2) is 54.6 Å². The molecule has 0 aliphatic heterocycles. The zero-order valence-electron chi connectivity index (χ0n) is 18.2. The highest BCUT2D eigenvalue weighted by Gasteiger charge is 2.17. The molecule has 0 aliphatic rings. The van der Waals surface area contributed by atoms with E-state index < -0.39 is 0 Å². The molecule has 6 nitrogen and oxygen atoms in total. The normalized spacial score (nSPS) is 10.6. The average molecular weight is 418 g/mol. The van der Waals surface area contributed by atoms with Crippen molar-refractivity contribution in [1.29, 1.82) is 0 Å². The maximum Gasteiger partial charge on any atom is 0.226 e. The van der Waals surface area contributed by atoms with Crippen LogP contribution in [0.4, 0.5) is 5.69 Å². The fraction of sp³-hybridized carbons (Fsp3) is 0.240. The number of ether oxygens (including phenoxy) is 1. The third kappa shape index (κ3) is 5.09. The van der Waals surface area contributed by atoms with Crippen molar-refractivity contribution >= 4 is 23.2 Å². The zero-order chi connectivity index (χ0) is 22.5. The average Bonchev–Trinajstić information content (AvgIpc) is 3.09. The number of methoxy groups -OCH3 is 1. The summed E-state index contributed by atoms with van der Waals surface area (Å²) in [4.78, 5) is 36.0. The van der Waals surface area contributed by atoms with Crippen molar-refractivity contribution in [1.82, 2.24) is 4.57 Å². The molecule has 0 saturated carbocycles. The van der Waals surface area contributed by atoms with Gasteiger partial charge in [0.2, 0.25) is 5.91 Å². The molecule has 0 bridgehead atoms. The van der Waals surface area contributed by atoms with Gasteiger partial charge in [0.15, 0.2) is 11.6 Å². The summed E-state index contributed by atoms with van der Waals surface area (Å²) in [5.74, 6) is 0.573. The first kappa shape index (κ1) is 22.0. The minimum atomic E-state index is -0.145. The number of hydrogen-bond acceptors (Lipinski definition) is 4. The summed E-state index contributed by atoms with van der Waals surface area (Å²) < 4.78 is 7.22. The van der Waals surface area contributed by atoms with Crippen LogP contribution in [0.2, 0.25) is 0 Å². The Balaban J connectivity index is 1.78. The van der Waals surface area contributed by atoms with Crippen molar-refractivity contribution in [2.45, 2.75) is 33.7 Å². The van der Waals surface area contributed by atoms with Crippen LogP contribution in [-0.4, -0.2) is 29.2 Å². The molecule has 31 heavy (non-hydrogen) atoms. The number of nitrogens with one attached hydrogen (secondary N) is 1. The van der Waals surface area contributed by atoms with Gasteiger partial charge in [-0.2, -0.15) is 0 Å². The van der Waals surface area contributed by atoms with Crippen LogP contribution in [0.25, 0.3) is 11.3 Å². The summed E-state index contributed by atoms with van der Waals surface area (Å²) in [6.07, 6.45) is 0.241. The molecule has 0 radical (unpaired) electrons. The SMILES string of the molecule is COc1ccc(-c2cc(C(C)=O)c(C)n2CCC(=O)Nc2ccc(C(C)=O)cc2)cc1. The highest BCUT2D eigenvalue weighted by atomic mass is 16.5.